The number of nitrogens with one attached hydrogen (secondary N) is 1. The van der Waals surface area contributed by atoms with Crippen molar-refractivity contribution in [3.05, 3.63) is 46.2 Å². The summed E-state index contributed by atoms with van der Waals surface area (Å²) in [5.41, 5.74) is 1.82. The maximum Gasteiger partial charge on any atom is 0.271 e. The van der Waals surface area contributed by atoms with Gasteiger partial charge in [-0.05, 0) is 31.2 Å². The first-order valence-electron chi connectivity index (χ1n) is 5.78. The first-order chi connectivity index (χ1) is 9.02. The van der Waals surface area contributed by atoms with Crippen LogP contribution in [0, 0.1) is 0 Å². The van der Waals surface area contributed by atoms with Crippen LogP contribution in [0.3, 0.4) is 0 Å². The summed E-state index contributed by atoms with van der Waals surface area (Å²) in [7, 11) is 1.56. The quantitative estimate of drug-likeness (QED) is 0.908. The Morgan fingerprint density at radius 3 is 2.84 bits per heavy atom. The van der Waals surface area contributed by atoms with Crippen LogP contribution in [0.2, 0.25) is 0 Å². The number of rotatable bonds is 3. The molecule has 5 nitrogen and oxygen atoms in total. The number of aromatic nitrogens is 2. The van der Waals surface area contributed by atoms with Gasteiger partial charge in [0.2, 0.25) is 0 Å². The fraction of sp³-hybridized carbons (Fsp3) is 0.231. The van der Waals surface area contributed by atoms with Gasteiger partial charge in [-0.15, -0.1) is 0 Å². The predicted molar refractivity (Wildman–Crippen MR) is 75.3 cm³/mol. The summed E-state index contributed by atoms with van der Waals surface area (Å²) in [6.45, 7) is 1.69. The van der Waals surface area contributed by atoms with Crippen molar-refractivity contribution in [2.24, 2.45) is 0 Å². The van der Waals surface area contributed by atoms with Gasteiger partial charge in [0.05, 0.1) is 11.8 Å². The molecule has 1 aromatic heterocycles. The molecule has 0 bridgehead atoms. The third-order valence-electron chi connectivity index (χ3n) is 2.74. The first-order valence-corrected chi connectivity index (χ1v) is 6.58. The molecular formula is C13H14BrN3O2. The molecule has 0 saturated heterocycles. The molecule has 0 aliphatic heterocycles. The highest BCUT2D eigenvalue weighted by Crippen LogP contribution is 2.25. The fourth-order valence-electron chi connectivity index (χ4n) is 1.78. The van der Waals surface area contributed by atoms with E-state index in [0.29, 0.717) is 5.69 Å². The molecule has 1 amide bonds. The van der Waals surface area contributed by atoms with Crippen molar-refractivity contribution in [3.8, 4) is 5.69 Å². The van der Waals surface area contributed by atoms with Gasteiger partial charge in [-0.3, -0.25) is 4.79 Å². The highest BCUT2D eigenvalue weighted by atomic mass is 79.9. The summed E-state index contributed by atoms with van der Waals surface area (Å²) in [6, 6.07) is 7.17. The molecule has 100 valence electrons. The highest BCUT2D eigenvalue weighted by Gasteiger charge is 2.13. The minimum atomic E-state index is -0.625. The lowest BCUT2D eigenvalue weighted by atomic mass is 10.1. The minimum absolute atomic E-state index is 0.241. The maximum absolute atomic E-state index is 11.5. The Morgan fingerprint density at radius 2 is 2.21 bits per heavy atom. The minimum Gasteiger partial charge on any atom is -0.389 e. The Morgan fingerprint density at radius 1 is 1.47 bits per heavy atom. The smallest absolute Gasteiger partial charge is 0.271 e. The predicted octanol–water partition coefficient (Wildman–Crippen LogP) is 2.05. The summed E-state index contributed by atoms with van der Waals surface area (Å²) in [5, 5.41) is 16.5. The van der Waals surface area contributed by atoms with Gasteiger partial charge in [0.15, 0.2) is 5.69 Å². The number of carbonyl (C=O) groups excluding carboxylic acids is 1. The fourth-order valence-corrected chi connectivity index (χ4v) is 2.15. The number of aliphatic hydroxyl groups is 1. The number of aliphatic hydroxyl groups excluding tert-OH is 1. The second-order valence-corrected chi connectivity index (χ2v) is 5.02. The van der Waals surface area contributed by atoms with E-state index >= 15 is 0 Å². The van der Waals surface area contributed by atoms with Gasteiger partial charge in [-0.25, -0.2) is 4.68 Å². The Balaban J connectivity index is 2.47. The number of hydrogen-bond donors (Lipinski definition) is 2. The Bertz CT molecular complexity index is 608. The molecule has 1 unspecified atom stereocenters. The first kappa shape index (κ1) is 13.8. The van der Waals surface area contributed by atoms with Crippen LogP contribution in [0.4, 0.5) is 0 Å². The van der Waals surface area contributed by atoms with Crippen molar-refractivity contribution >= 4 is 21.8 Å². The number of benzene rings is 1. The molecule has 0 spiro atoms. The van der Waals surface area contributed by atoms with Gasteiger partial charge in [-0.2, -0.15) is 5.10 Å². The molecule has 0 saturated carbocycles. The van der Waals surface area contributed by atoms with Crippen LogP contribution < -0.4 is 5.32 Å². The maximum atomic E-state index is 11.5. The van der Waals surface area contributed by atoms with Crippen LogP contribution in [0.25, 0.3) is 5.69 Å². The second-order valence-electron chi connectivity index (χ2n) is 4.10. The van der Waals surface area contributed by atoms with Crippen molar-refractivity contribution in [2.45, 2.75) is 13.0 Å². The normalized spacial score (nSPS) is 12.2. The van der Waals surface area contributed by atoms with Crippen molar-refractivity contribution in [3.63, 3.8) is 0 Å². The average Bonchev–Trinajstić information content (AvgIpc) is 2.87. The monoisotopic (exact) mass is 323 g/mol. The highest BCUT2D eigenvalue weighted by molar-refractivity contribution is 9.10. The third kappa shape index (κ3) is 2.85. The summed E-state index contributed by atoms with van der Waals surface area (Å²) in [6.07, 6.45) is 1.07. The molecule has 1 heterocycles. The SMILES string of the molecule is CNC(=O)c1ccn(-c2ccc(Br)cc2C(C)O)n1. The van der Waals surface area contributed by atoms with Gasteiger partial charge < -0.3 is 10.4 Å². The summed E-state index contributed by atoms with van der Waals surface area (Å²) < 4.78 is 2.46. The van der Waals surface area contributed by atoms with Crippen molar-refractivity contribution < 1.29 is 9.90 Å². The molecule has 2 aromatic rings. The van der Waals surface area contributed by atoms with Gasteiger partial charge in [0.25, 0.3) is 5.91 Å². The van der Waals surface area contributed by atoms with E-state index in [1.807, 2.05) is 18.2 Å². The lowest BCUT2D eigenvalue weighted by molar-refractivity contribution is 0.0957. The van der Waals surface area contributed by atoms with E-state index < -0.39 is 6.10 Å². The molecule has 0 aliphatic carbocycles. The van der Waals surface area contributed by atoms with E-state index in [0.717, 1.165) is 15.7 Å². The van der Waals surface area contributed by atoms with Gasteiger partial charge in [0, 0.05) is 23.3 Å². The molecule has 2 N–H and O–H groups in total. The number of halogens is 1. The molecular weight excluding hydrogens is 310 g/mol. The number of nitrogens with zero attached hydrogens (tertiary/aromatic N) is 2. The summed E-state index contributed by atoms with van der Waals surface area (Å²) >= 11 is 3.37. The lowest BCUT2D eigenvalue weighted by Crippen LogP contribution is -2.18. The molecule has 0 fully saturated rings. The van der Waals surface area contributed by atoms with Crippen molar-refractivity contribution in [1.82, 2.24) is 15.1 Å². The van der Waals surface area contributed by atoms with Crippen molar-refractivity contribution in [2.75, 3.05) is 7.05 Å². The molecule has 2 rings (SSSR count). The Kier molecular flexibility index (Phi) is 4.01. The van der Waals surface area contributed by atoms with E-state index in [1.54, 1.807) is 30.9 Å². The van der Waals surface area contributed by atoms with Crippen molar-refractivity contribution in [1.29, 1.82) is 0 Å². The van der Waals surface area contributed by atoms with Crippen LogP contribution in [0.1, 0.15) is 29.1 Å². The van der Waals surface area contributed by atoms with Gasteiger partial charge in [-0.1, -0.05) is 15.9 Å². The van der Waals surface area contributed by atoms with Crippen LogP contribution in [0.15, 0.2) is 34.9 Å². The van der Waals surface area contributed by atoms with Crippen LogP contribution >= 0.6 is 15.9 Å². The van der Waals surface area contributed by atoms with Crippen LogP contribution in [-0.2, 0) is 0 Å². The Hall–Kier alpha value is -1.66. The van der Waals surface area contributed by atoms with E-state index in [4.69, 9.17) is 0 Å². The Labute approximate surface area is 119 Å². The van der Waals surface area contributed by atoms with E-state index in [1.165, 1.54) is 0 Å². The molecule has 0 radical (unpaired) electrons. The summed E-state index contributed by atoms with van der Waals surface area (Å²) in [4.78, 5) is 11.5. The number of hydrogen-bond acceptors (Lipinski definition) is 3. The average molecular weight is 324 g/mol. The second kappa shape index (κ2) is 5.54. The topological polar surface area (TPSA) is 67.2 Å². The number of carbonyl (C=O) groups is 1. The molecule has 1 aromatic carbocycles. The largest absolute Gasteiger partial charge is 0.389 e. The zero-order valence-electron chi connectivity index (χ0n) is 10.6. The molecule has 6 heteroatoms. The van der Waals surface area contributed by atoms with Gasteiger partial charge >= 0.3 is 0 Å². The zero-order chi connectivity index (χ0) is 14.0. The van der Waals surface area contributed by atoms with Crippen LogP contribution in [0.5, 0.6) is 0 Å². The van der Waals surface area contributed by atoms with E-state index in [2.05, 4.69) is 26.3 Å². The van der Waals surface area contributed by atoms with E-state index in [-0.39, 0.29) is 5.91 Å². The van der Waals surface area contributed by atoms with Crippen LogP contribution in [-0.4, -0.2) is 27.8 Å². The molecule has 1 atom stereocenters. The van der Waals surface area contributed by atoms with E-state index in [9.17, 15) is 9.90 Å². The summed E-state index contributed by atoms with van der Waals surface area (Å²) in [5.74, 6) is -0.241. The third-order valence-corrected chi connectivity index (χ3v) is 3.23. The van der Waals surface area contributed by atoms with Gasteiger partial charge in [0.1, 0.15) is 0 Å². The lowest BCUT2D eigenvalue weighted by Gasteiger charge is -2.12. The number of amides is 1. The molecule has 0 aliphatic rings. The molecule has 19 heavy (non-hydrogen) atoms. The zero-order valence-corrected chi connectivity index (χ0v) is 12.2. The standard InChI is InChI=1S/C13H14BrN3O2/c1-8(18)10-7-9(14)3-4-12(10)17-6-5-11(16-17)13(19)15-2/h3-8,18H,1-2H3,(H,15,19).